The lowest BCUT2D eigenvalue weighted by molar-refractivity contribution is 0.159. The zero-order valence-corrected chi connectivity index (χ0v) is 12.0. The highest BCUT2D eigenvalue weighted by Gasteiger charge is 2.19. The third-order valence-corrected chi connectivity index (χ3v) is 3.58. The molecule has 0 aliphatic carbocycles. The molecule has 0 unspecified atom stereocenters. The number of halogens is 1. The van der Waals surface area contributed by atoms with Gasteiger partial charge >= 0.3 is 0 Å². The number of rotatable bonds is 2. The molecule has 0 aromatic carbocycles. The quantitative estimate of drug-likeness (QED) is 0.915. The second-order valence-corrected chi connectivity index (χ2v) is 4.82. The average molecular weight is 325 g/mol. The summed E-state index contributed by atoms with van der Waals surface area (Å²) in [6.45, 7) is 1.17. The van der Waals surface area contributed by atoms with Crippen molar-refractivity contribution in [2.75, 3.05) is 25.8 Å². The molecular formula is C12H13BrN4O2. The highest BCUT2D eigenvalue weighted by molar-refractivity contribution is 9.10. The molecule has 1 N–H and O–H groups in total. The molecule has 7 heteroatoms. The molecule has 2 aromatic rings. The number of fused-ring (bicyclic) bond motifs is 1. The van der Waals surface area contributed by atoms with E-state index in [1.54, 1.807) is 13.3 Å². The van der Waals surface area contributed by atoms with Gasteiger partial charge in [-0.2, -0.15) is 5.10 Å². The van der Waals surface area contributed by atoms with Gasteiger partial charge in [0.25, 0.3) is 0 Å². The van der Waals surface area contributed by atoms with Gasteiger partial charge in [0.15, 0.2) is 0 Å². The largest absolute Gasteiger partial charge is 0.481 e. The van der Waals surface area contributed by atoms with Crippen molar-refractivity contribution < 1.29 is 9.47 Å². The number of pyridine rings is 1. The van der Waals surface area contributed by atoms with Crippen molar-refractivity contribution in [1.82, 2.24) is 14.8 Å². The first kappa shape index (κ1) is 12.4. The lowest BCUT2D eigenvalue weighted by atomic mass is 10.2. The second kappa shape index (κ2) is 5.18. The summed E-state index contributed by atoms with van der Waals surface area (Å²) >= 11 is 3.49. The van der Waals surface area contributed by atoms with Crippen LogP contribution in [-0.2, 0) is 11.2 Å². The Morgan fingerprint density at radius 2 is 2.37 bits per heavy atom. The Morgan fingerprint density at radius 1 is 1.47 bits per heavy atom. The fourth-order valence-corrected chi connectivity index (χ4v) is 2.54. The first-order chi connectivity index (χ1) is 9.29. The number of aromatic nitrogens is 3. The van der Waals surface area contributed by atoms with E-state index in [2.05, 4.69) is 31.3 Å². The minimum atomic E-state index is 0.481. The van der Waals surface area contributed by atoms with Crippen LogP contribution in [0.2, 0.25) is 0 Å². The van der Waals surface area contributed by atoms with Gasteiger partial charge in [0.05, 0.1) is 25.6 Å². The van der Waals surface area contributed by atoms with Crippen LogP contribution in [0.1, 0.15) is 5.56 Å². The summed E-state index contributed by atoms with van der Waals surface area (Å²) in [5.74, 6) is 1.52. The molecule has 19 heavy (non-hydrogen) atoms. The molecule has 3 rings (SSSR count). The van der Waals surface area contributed by atoms with Gasteiger partial charge in [-0.25, -0.2) is 9.67 Å². The normalized spacial score (nSPS) is 14.4. The first-order valence-electron chi connectivity index (χ1n) is 5.89. The van der Waals surface area contributed by atoms with E-state index in [-0.39, 0.29) is 0 Å². The molecule has 100 valence electrons. The van der Waals surface area contributed by atoms with Crippen molar-refractivity contribution in [3.05, 3.63) is 28.5 Å². The number of nitrogens with one attached hydrogen (secondary N) is 1. The van der Waals surface area contributed by atoms with Gasteiger partial charge in [0, 0.05) is 18.1 Å². The number of hydrogen-bond donors (Lipinski definition) is 1. The Hall–Kier alpha value is -1.60. The molecule has 6 nitrogen and oxygen atoms in total. The van der Waals surface area contributed by atoms with Crippen molar-refractivity contribution >= 4 is 21.7 Å². The second-order valence-electron chi connectivity index (χ2n) is 4.07. The fourth-order valence-electron chi connectivity index (χ4n) is 2.00. The first-order valence-corrected chi connectivity index (χ1v) is 6.68. The summed E-state index contributed by atoms with van der Waals surface area (Å²) in [5.41, 5.74) is 1.99. The van der Waals surface area contributed by atoms with Crippen LogP contribution in [0.3, 0.4) is 0 Å². The summed E-state index contributed by atoms with van der Waals surface area (Å²) in [7, 11) is 1.59. The van der Waals surface area contributed by atoms with E-state index in [9.17, 15) is 0 Å². The zero-order valence-electron chi connectivity index (χ0n) is 10.4. The van der Waals surface area contributed by atoms with E-state index in [0.29, 0.717) is 19.2 Å². The van der Waals surface area contributed by atoms with E-state index in [0.717, 1.165) is 28.1 Å². The molecule has 2 aromatic heterocycles. The lowest BCUT2D eigenvalue weighted by Gasteiger charge is -2.08. The predicted octanol–water partition coefficient (Wildman–Crippen LogP) is 1.98. The minimum Gasteiger partial charge on any atom is -0.481 e. The number of methoxy groups -OCH3 is 1. The minimum absolute atomic E-state index is 0.481. The molecule has 0 spiro atoms. The van der Waals surface area contributed by atoms with Crippen molar-refractivity contribution in [2.45, 2.75) is 6.42 Å². The summed E-state index contributed by atoms with van der Waals surface area (Å²) < 4.78 is 13.1. The van der Waals surface area contributed by atoms with Crippen LogP contribution in [0, 0.1) is 0 Å². The third kappa shape index (κ3) is 2.31. The van der Waals surface area contributed by atoms with E-state index in [1.165, 1.54) is 0 Å². The molecule has 0 radical (unpaired) electrons. The van der Waals surface area contributed by atoms with Gasteiger partial charge in [0.2, 0.25) is 5.88 Å². The van der Waals surface area contributed by atoms with Crippen molar-refractivity contribution in [3.63, 3.8) is 0 Å². The molecule has 0 atom stereocenters. The maximum Gasteiger partial charge on any atom is 0.213 e. The van der Waals surface area contributed by atoms with Gasteiger partial charge in [-0.3, -0.25) is 0 Å². The Bertz CT molecular complexity index is 582. The highest BCUT2D eigenvalue weighted by Crippen LogP contribution is 2.29. The van der Waals surface area contributed by atoms with Crippen LogP contribution in [0.4, 0.5) is 5.82 Å². The van der Waals surface area contributed by atoms with Crippen LogP contribution < -0.4 is 10.1 Å². The monoisotopic (exact) mass is 324 g/mol. The third-order valence-electron chi connectivity index (χ3n) is 2.95. The van der Waals surface area contributed by atoms with Crippen LogP contribution in [-0.4, -0.2) is 35.2 Å². The molecule has 0 bridgehead atoms. The molecule has 0 saturated carbocycles. The summed E-state index contributed by atoms with van der Waals surface area (Å²) in [6, 6.07) is 3.73. The standard InChI is InChI=1S/C12H13BrN4O2/c1-18-10-3-2-8(6-14-10)17-12-9(11(13)16-17)4-5-19-7-15-12/h2-3,6,15H,4-5,7H2,1H3. The van der Waals surface area contributed by atoms with Crippen LogP contribution in [0.5, 0.6) is 5.88 Å². The Labute approximate surface area is 118 Å². The topological polar surface area (TPSA) is 61.2 Å². The van der Waals surface area contributed by atoms with Crippen LogP contribution >= 0.6 is 15.9 Å². The van der Waals surface area contributed by atoms with Crippen LogP contribution in [0.25, 0.3) is 5.69 Å². The van der Waals surface area contributed by atoms with Crippen molar-refractivity contribution in [1.29, 1.82) is 0 Å². The number of ether oxygens (including phenoxy) is 2. The smallest absolute Gasteiger partial charge is 0.213 e. The molecule has 1 aliphatic rings. The van der Waals surface area contributed by atoms with Gasteiger partial charge in [0.1, 0.15) is 17.2 Å². The summed E-state index contributed by atoms with van der Waals surface area (Å²) in [6.07, 6.45) is 2.55. The van der Waals surface area contributed by atoms with Crippen molar-refractivity contribution in [2.24, 2.45) is 0 Å². The van der Waals surface area contributed by atoms with Gasteiger partial charge in [-0.1, -0.05) is 0 Å². The number of nitrogens with zero attached hydrogens (tertiary/aromatic N) is 3. The maximum atomic E-state index is 5.41. The van der Waals surface area contributed by atoms with Crippen LogP contribution in [0.15, 0.2) is 22.9 Å². The van der Waals surface area contributed by atoms with Gasteiger partial charge < -0.3 is 14.8 Å². The SMILES string of the molecule is COc1ccc(-n2nc(Br)c3c2NCOCC3)cn1. The molecule has 3 heterocycles. The van der Waals surface area contributed by atoms with E-state index >= 15 is 0 Å². The van der Waals surface area contributed by atoms with Gasteiger partial charge in [-0.15, -0.1) is 0 Å². The van der Waals surface area contributed by atoms with E-state index < -0.39 is 0 Å². The molecular weight excluding hydrogens is 312 g/mol. The maximum absolute atomic E-state index is 5.41. The van der Waals surface area contributed by atoms with Crippen molar-refractivity contribution in [3.8, 4) is 11.6 Å². The molecule has 0 fully saturated rings. The molecule has 0 saturated heterocycles. The lowest BCUT2D eigenvalue weighted by Crippen LogP contribution is -2.09. The molecule has 1 aliphatic heterocycles. The Balaban J connectivity index is 2.04. The average Bonchev–Trinajstić information content (AvgIpc) is 2.65. The summed E-state index contributed by atoms with van der Waals surface area (Å²) in [5, 5.41) is 7.72. The fraction of sp³-hybridized carbons (Fsp3) is 0.333. The Kier molecular flexibility index (Phi) is 3.39. The van der Waals surface area contributed by atoms with E-state index in [4.69, 9.17) is 9.47 Å². The number of hydrogen-bond acceptors (Lipinski definition) is 5. The zero-order chi connectivity index (χ0) is 13.2. The summed E-state index contributed by atoms with van der Waals surface area (Å²) in [4.78, 5) is 4.20. The number of anilines is 1. The molecule has 0 amide bonds. The van der Waals surface area contributed by atoms with Gasteiger partial charge in [-0.05, 0) is 22.0 Å². The predicted molar refractivity (Wildman–Crippen MR) is 73.8 cm³/mol. The van der Waals surface area contributed by atoms with E-state index in [1.807, 2.05) is 16.8 Å². The highest BCUT2D eigenvalue weighted by atomic mass is 79.9. The Morgan fingerprint density at radius 3 is 3.11 bits per heavy atom.